The summed E-state index contributed by atoms with van der Waals surface area (Å²) < 4.78 is 0. The Morgan fingerprint density at radius 2 is 2.35 bits per heavy atom. The van der Waals surface area contributed by atoms with Crippen molar-refractivity contribution >= 4 is 34.2 Å². The van der Waals surface area contributed by atoms with Gasteiger partial charge in [0.15, 0.2) is 5.17 Å². The standard InChI is InChI=1S/C15H16N4O3S/c1-2-10-3-4-11(7-13(10)19(21)22)17-14(20)8-12-9-23-15-16-5-6-18(12)15/h3-4,7,9H,2,5-6,8H2,1H3,(H,17,20). The van der Waals surface area contributed by atoms with Gasteiger partial charge in [0.2, 0.25) is 5.91 Å². The number of nitrogens with zero attached hydrogens (tertiary/aromatic N) is 3. The molecule has 0 unspecified atom stereocenters. The van der Waals surface area contributed by atoms with E-state index < -0.39 is 4.92 Å². The maximum Gasteiger partial charge on any atom is 0.274 e. The lowest BCUT2D eigenvalue weighted by molar-refractivity contribution is -0.385. The number of carbonyl (C=O) groups excluding carboxylic acids is 1. The Balaban J connectivity index is 1.67. The third kappa shape index (κ3) is 3.21. The van der Waals surface area contributed by atoms with Crippen molar-refractivity contribution in [2.45, 2.75) is 19.8 Å². The Morgan fingerprint density at radius 1 is 1.52 bits per heavy atom. The molecule has 2 aliphatic rings. The van der Waals surface area contributed by atoms with Crippen molar-refractivity contribution in [2.24, 2.45) is 4.99 Å². The van der Waals surface area contributed by atoms with E-state index in [1.165, 1.54) is 17.8 Å². The summed E-state index contributed by atoms with van der Waals surface area (Å²) in [7, 11) is 0. The molecule has 1 amide bonds. The molecule has 3 rings (SSSR count). The number of hydrogen-bond acceptors (Lipinski definition) is 6. The molecule has 1 aromatic rings. The van der Waals surface area contributed by atoms with E-state index in [-0.39, 0.29) is 18.0 Å². The molecule has 0 aromatic heterocycles. The molecule has 0 atom stereocenters. The van der Waals surface area contributed by atoms with Crippen LogP contribution < -0.4 is 5.32 Å². The van der Waals surface area contributed by atoms with E-state index in [1.54, 1.807) is 12.1 Å². The van der Waals surface area contributed by atoms with Crippen LogP contribution in [0.1, 0.15) is 18.9 Å². The second-order valence-corrected chi connectivity index (χ2v) is 6.06. The number of nitro groups is 1. The lowest BCUT2D eigenvalue weighted by Crippen LogP contribution is -2.24. The van der Waals surface area contributed by atoms with Gasteiger partial charge in [-0.25, -0.2) is 0 Å². The molecule has 0 saturated heterocycles. The summed E-state index contributed by atoms with van der Waals surface area (Å²) in [5.41, 5.74) is 2.06. The van der Waals surface area contributed by atoms with E-state index in [4.69, 9.17) is 0 Å². The third-order valence-electron chi connectivity index (χ3n) is 3.74. The number of fused-ring (bicyclic) bond motifs is 1. The van der Waals surface area contributed by atoms with E-state index in [0.717, 1.165) is 24.0 Å². The number of carbonyl (C=O) groups is 1. The monoisotopic (exact) mass is 332 g/mol. The summed E-state index contributed by atoms with van der Waals surface area (Å²) in [6.07, 6.45) is 0.807. The maximum absolute atomic E-state index is 12.2. The molecule has 0 aliphatic carbocycles. The van der Waals surface area contributed by atoms with Crippen LogP contribution in [0.15, 0.2) is 34.3 Å². The van der Waals surface area contributed by atoms with Crippen LogP contribution in [0.5, 0.6) is 0 Å². The molecule has 1 N–H and O–H groups in total. The van der Waals surface area contributed by atoms with Gasteiger partial charge in [-0.2, -0.15) is 0 Å². The van der Waals surface area contributed by atoms with Gasteiger partial charge in [0.25, 0.3) is 5.69 Å². The van der Waals surface area contributed by atoms with Crippen LogP contribution in [0.4, 0.5) is 11.4 Å². The third-order valence-corrected chi connectivity index (χ3v) is 4.69. The number of aliphatic imine (C=N–C) groups is 1. The predicted octanol–water partition coefficient (Wildman–Crippen LogP) is 2.75. The molecule has 0 saturated carbocycles. The topological polar surface area (TPSA) is 87.8 Å². The quantitative estimate of drug-likeness (QED) is 0.661. The van der Waals surface area contributed by atoms with Gasteiger partial charge in [-0.05, 0) is 17.9 Å². The number of thioether (sulfide) groups is 1. The first-order valence-electron chi connectivity index (χ1n) is 7.33. The molecule has 0 bridgehead atoms. The first kappa shape index (κ1) is 15.5. The van der Waals surface area contributed by atoms with E-state index in [2.05, 4.69) is 10.3 Å². The Kier molecular flexibility index (Phi) is 4.33. The molecule has 2 heterocycles. The molecule has 2 aliphatic heterocycles. The molecular formula is C15H16N4O3S. The Hall–Kier alpha value is -2.35. The van der Waals surface area contributed by atoms with Gasteiger partial charge in [0, 0.05) is 29.6 Å². The molecule has 0 spiro atoms. The van der Waals surface area contributed by atoms with Gasteiger partial charge in [-0.15, -0.1) is 0 Å². The number of hydrogen-bond donors (Lipinski definition) is 1. The van der Waals surface area contributed by atoms with Crippen LogP contribution in [-0.4, -0.2) is 34.0 Å². The normalized spacial score (nSPS) is 16.0. The van der Waals surface area contributed by atoms with Crippen LogP contribution in [-0.2, 0) is 11.2 Å². The summed E-state index contributed by atoms with van der Waals surface area (Å²) in [6.45, 7) is 3.42. The fourth-order valence-electron chi connectivity index (χ4n) is 2.60. The molecule has 0 fully saturated rings. The van der Waals surface area contributed by atoms with Gasteiger partial charge in [-0.1, -0.05) is 24.8 Å². The van der Waals surface area contributed by atoms with Crippen LogP contribution >= 0.6 is 11.8 Å². The van der Waals surface area contributed by atoms with Crippen LogP contribution in [0.2, 0.25) is 0 Å². The fraction of sp³-hybridized carbons (Fsp3) is 0.333. The van der Waals surface area contributed by atoms with Crippen molar-refractivity contribution in [1.29, 1.82) is 0 Å². The zero-order valence-electron chi connectivity index (χ0n) is 12.6. The van der Waals surface area contributed by atoms with Crippen LogP contribution in [0.3, 0.4) is 0 Å². The van der Waals surface area contributed by atoms with Gasteiger partial charge < -0.3 is 10.2 Å². The lowest BCUT2D eigenvalue weighted by Gasteiger charge is -2.16. The van der Waals surface area contributed by atoms with Crippen molar-refractivity contribution in [3.63, 3.8) is 0 Å². The lowest BCUT2D eigenvalue weighted by atomic mass is 10.1. The Bertz CT molecular complexity index is 729. The minimum atomic E-state index is -0.419. The molecule has 1 aromatic carbocycles. The molecular weight excluding hydrogens is 316 g/mol. The fourth-order valence-corrected chi connectivity index (χ4v) is 3.55. The zero-order valence-corrected chi connectivity index (χ0v) is 13.4. The smallest absolute Gasteiger partial charge is 0.274 e. The number of anilines is 1. The number of rotatable bonds is 5. The summed E-state index contributed by atoms with van der Waals surface area (Å²) >= 11 is 1.53. The van der Waals surface area contributed by atoms with Gasteiger partial charge >= 0.3 is 0 Å². The van der Waals surface area contributed by atoms with Crippen molar-refractivity contribution in [2.75, 3.05) is 18.4 Å². The predicted molar refractivity (Wildman–Crippen MR) is 90.4 cm³/mol. The summed E-state index contributed by atoms with van der Waals surface area (Å²) in [5.74, 6) is -0.191. The molecule has 23 heavy (non-hydrogen) atoms. The van der Waals surface area contributed by atoms with Crippen LogP contribution in [0.25, 0.3) is 0 Å². The second kappa shape index (κ2) is 6.41. The number of benzene rings is 1. The minimum absolute atomic E-state index is 0.0369. The number of nitro benzene ring substituents is 1. The first-order chi connectivity index (χ1) is 11.1. The number of amides is 1. The molecule has 0 radical (unpaired) electrons. The minimum Gasteiger partial charge on any atom is -0.326 e. The highest BCUT2D eigenvalue weighted by Crippen LogP contribution is 2.31. The van der Waals surface area contributed by atoms with Crippen molar-refractivity contribution in [3.8, 4) is 0 Å². The van der Waals surface area contributed by atoms with E-state index in [1.807, 2.05) is 17.2 Å². The average Bonchev–Trinajstić information content (AvgIpc) is 3.12. The Labute approximate surface area is 137 Å². The average molecular weight is 332 g/mol. The molecule has 120 valence electrons. The maximum atomic E-state index is 12.2. The van der Waals surface area contributed by atoms with Crippen LogP contribution in [0, 0.1) is 10.1 Å². The van der Waals surface area contributed by atoms with Crippen molar-refractivity contribution in [3.05, 3.63) is 45.0 Å². The highest BCUT2D eigenvalue weighted by atomic mass is 32.2. The van der Waals surface area contributed by atoms with Crippen molar-refractivity contribution in [1.82, 2.24) is 4.90 Å². The molecule has 7 nitrogen and oxygen atoms in total. The SMILES string of the molecule is CCc1ccc(NC(=O)CC2=CSC3=NCCN23)cc1[N+](=O)[O-]. The number of amidine groups is 1. The molecule has 8 heteroatoms. The van der Waals surface area contributed by atoms with E-state index in [0.29, 0.717) is 17.7 Å². The van der Waals surface area contributed by atoms with Gasteiger partial charge in [-0.3, -0.25) is 19.9 Å². The largest absolute Gasteiger partial charge is 0.326 e. The highest BCUT2D eigenvalue weighted by Gasteiger charge is 2.27. The summed E-state index contributed by atoms with van der Waals surface area (Å²) in [5, 5.41) is 16.7. The summed E-state index contributed by atoms with van der Waals surface area (Å²) in [6, 6.07) is 4.80. The van der Waals surface area contributed by atoms with E-state index >= 15 is 0 Å². The van der Waals surface area contributed by atoms with Gasteiger partial charge in [0.1, 0.15) is 0 Å². The summed E-state index contributed by atoms with van der Waals surface area (Å²) in [4.78, 5) is 29.2. The number of nitrogens with one attached hydrogen (secondary N) is 1. The first-order valence-corrected chi connectivity index (χ1v) is 8.21. The van der Waals surface area contributed by atoms with Crippen molar-refractivity contribution < 1.29 is 9.72 Å². The highest BCUT2D eigenvalue weighted by molar-refractivity contribution is 8.16. The second-order valence-electron chi connectivity index (χ2n) is 5.22. The van der Waals surface area contributed by atoms with Gasteiger partial charge in [0.05, 0.1) is 17.9 Å². The van der Waals surface area contributed by atoms with E-state index in [9.17, 15) is 14.9 Å². The number of aryl methyl sites for hydroxylation is 1. The Morgan fingerprint density at radius 3 is 3.09 bits per heavy atom. The zero-order chi connectivity index (χ0) is 16.4.